The number of halogens is 2. The minimum atomic E-state index is -0.853. The van der Waals surface area contributed by atoms with Crippen molar-refractivity contribution in [2.75, 3.05) is 26.3 Å². The van der Waals surface area contributed by atoms with Gasteiger partial charge in [-0.25, -0.2) is 8.78 Å². The molecule has 1 unspecified atom stereocenters. The van der Waals surface area contributed by atoms with Crippen molar-refractivity contribution in [2.24, 2.45) is 5.73 Å². The van der Waals surface area contributed by atoms with Gasteiger partial charge in [0.15, 0.2) is 11.6 Å². The summed E-state index contributed by atoms with van der Waals surface area (Å²) >= 11 is 0. The Bertz CT molecular complexity index is 451. The van der Waals surface area contributed by atoms with E-state index in [1.165, 1.54) is 12.1 Å². The van der Waals surface area contributed by atoms with Crippen LogP contribution >= 0.6 is 0 Å². The Kier molecular flexibility index (Phi) is 4.18. The molecule has 2 N–H and O–H groups in total. The average Bonchev–Trinajstić information content (AvgIpc) is 2.35. The molecule has 19 heavy (non-hydrogen) atoms. The Labute approximate surface area is 112 Å². The van der Waals surface area contributed by atoms with Crippen molar-refractivity contribution in [2.45, 2.75) is 25.4 Å². The van der Waals surface area contributed by atoms with Crippen LogP contribution in [0.5, 0.6) is 0 Å². The predicted octanol–water partition coefficient (Wildman–Crippen LogP) is 2.08. The molecule has 0 aliphatic carbocycles. The van der Waals surface area contributed by atoms with Crippen LogP contribution in [0.4, 0.5) is 8.78 Å². The van der Waals surface area contributed by atoms with Crippen molar-refractivity contribution >= 4 is 0 Å². The normalized spacial score (nSPS) is 21.3. The van der Waals surface area contributed by atoms with Gasteiger partial charge in [-0.15, -0.1) is 0 Å². The standard InChI is InChI=1S/C14H20F2N2O/c1-14(2)9-19-7-6-18(14)8-12(17)10-4-3-5-11(15)13(10)16/h3-5,12H,6-9,17H2,1-2H3. The smallest absolute Gasteiger partial charge is 0.163 e. The molecule has 1 atom stereocenters. The Morgan fingerprint density at radius 2 is 2.16 bits per heavy atom. The van der Waals surface area contributed by atoms with Crippen molar-refractivity contribution in [3.8, 4) is 0 Å². The minimum absolute atomic E-state index is 0.139. The topological polar surface area (TPSA) is 38.5 Å². The lowest BCUT2D eigenvalue weighted by Gasteiger charge is -2.43. The molecule has 0 saturated carbocycles. The Morgan fingerprint density at radius 1 is 1.42 bits per heavy atom. The van der Waals surface area contributed by atoms with E-state index in [2.05, 4.69) is 18.7 Å². The van der Waals surface area contributed by atoms with Gasteiger partial charge in [0.2, 0.25) is 0 Å². The van der Waals surface area contributed by atoms with E-state index >= 15 is 0 Å². The number of benzene rings is 1. The zero-order valence-electron chi connectivity index (χ0n) is 11.3. The van der Waals surface area contributed by atoms with Crippen molar-refractivity contribution in [1.29, 1.82) is 0 Å². The zero-order valence-corrected chi connectivity index (χ0v) is 11.3. The summed E-state index contributed by atoms with van der Waals surface area (Å²) < 4.78 is 32.3. The molecule has 1 aromatic carbocycles. The SMILES string of the molecule is CC1(C)COCCN1CC(N)c1cccc(F)c1F. The van der Waals surface area contributed by atoms with Crippen molar-refractivity contribution in [3.05, 3.63) is 35.4 Å². The van der Waals surface area contributed by atoms with E-state index in [1.807, 2.05) is 0 Å². The highest BCUT2D eigenvalue weighted by Gasteiger charge is 2.32. The summed E-state index contributed by atoms with van der Waals surface area (Å²) in [5.74, 6) is -1.70. The van der Waals surface area contributed by atoms with Crippen LogP contribution in [0.25, 0.3) is 0 Å². The highest BCUT2D eigenvalue weighted by atomic mass is 19.2. The number of ether oxygens (including phenoxy) is 1. The van der Waals surface area contributed by atoms with Crippen LogP contribution in [0.3, 0.4) is 0 Å². The molecule has 5 heteroatoms. The maximum Gasteiger partial charge on any atom is 0.163 e. The first kappa shape index (κ1) is 14.4. The second-order valence-corrected chi connectivity index (χ2v) is 5.56. The third-order valence-electron chi connectivity index (χ3n) is 3.61. The number of morpholine rings is 1. The van der Waals surface area contributed by atoms with Gasteiger partial charge in [0.25, 0.3) is 0 Å². The van der Waals surface area contributed by atoms with Gasteiger partial charge in [-0.05, 0) is 19.9 Å². The molecule has 3 nitrogen and oxygen atoms in total. The van der Waals surface area contributed by atoms with E-state index in [0.717, 1.165) is 12.6 Å². The van der Waals surface area contributed by atoms with E-state index in [0.29, 0.717) is 19.8 Å². The number of hydrogen-bond donors (Lipinski definition) is 1. The molecule has 0 spiro atoms. The molecule has 1 aliphatic rings. The fourth-order valence-corrected chi connectivity index (χ4v) is 2.37. The molecule has 1 saturated heterocycles. The Morgan fingerprint density at radius 3 is 2.84 bits per heavy atom. The third kappa shape index (κ3) is 3.11. The van der Waals surface area contributed by atoms with Crippen LogP contribution < -0.4 is 5.73 Å². The molecule has 0 bridgehead atoms. The minimum Gasteiger partial charge on any atom is -0.378 e. The van der Waals surface area contributed by atoms with Gasteiger partial charge in [0.1, 0.15) is 0 Å². The molecule has 1 fully saturated rings. The molecule has 106 valence electrons. The number of rotatable bonds is 3. The second-order valence-electron chi connectivity index (χ2n) is 5.56. The molecular formula is C14H20F2N2O. The highest BCUT2D eigenvalue weighted by Crippen LogP contribution is 2.24. The maximum atomic E-state index is 13.7. The van der Waals surface area contributed by atoms with Crippen LogP contribution in [-0.4, -0.2) is 36.7 Å². The monoisotopic (exact) mass is 270 g/mol. The van der Waals surface area contributed by atoms with E-state index in [-0.39, 0.29) is 11.1 Å². The number of nitrogens with two attached hydrogens (primary N) is 1. The molecule has 0 aromatic heterocycles. The van der Waals surface area contributed by atoms with Gasteiger partial charge in [0.05, 0.1) is 13.2 Å². The summed E-state index contributed by atoms with van der Waals surface area (Å²) in [7, 11) is 0. The first-order valence-electron chi connectivity index (χ1n) is 6.44. The molecular weight excluding hydrogens is 250 g/mol. The Hall–Kier alpha value is -1.04. The fraction of sp³-hybridized carbons (Fsp3) is 0.571. The lowest BCUT2D eigenvalue weighted by Crippen LogP contribution is -2.54. The molecule has 1 aliphatic heterocycles. The summed E-state index contributed by atoms with van der Waals surface area (Å²) in [6.45, 7) is 6.60. The van der Waals surface area contributed by atoms with Crippen LogP contribution in [0.2, 0.25) is 0 Å². The van der Waals surface area contributed by atoms with Gasteiger partial charge in [-0.3, -0.25) is 4.90 Å². The molecule has 1 heterocycles. The summed E-state index contributed by atoms with van der Waals surface area (Å²) in [6.07, 6.45) is 0. The van der Waals surface area contributed by atoms with Crippen molar-refractivity contribution in [1.82, 2.24) is 4.90 Å². The van der Waals surface area contributed by atoms with E-state index in [9.17, 15) is 8.78 Å². The van der Waals surface area contributed by atoms with Crippen LogP contribution in [0.1, 0.15) is 25.5 Å². The first-order valence-corrected chi connectivity index (χ1v) is 6.44. The first-order chi connectivity index (χ1) is 8.92. The quantitative estimate of drug-likeness (QED) is 0.914. The van der Waals surface area contributed by atoms with E-state index in [1.54, 1.807) is 0 Å². The number of hydrogen-bond acceptors (Lipinski definition) is 3. The summed E-state index contributed by atoms with van der Waals surface area (Å²) in [5.41, 5.74) is 6.11. The van der Waals surface area contributed by atoms with Gasteiger partial charge >= 0.3 is 0 Å². The van der Waals surface area contributed by atoms with E-state index < -0.39 is 17.7 Å². The van der Waals surface area contributed by atoms with Crippen molar-refractivity contribution < 1.29 is 13.5 Å². The van der Waals surface area contributed by atoms with Gasteiger partial charge in [-0.2, -0.15) is 0 Å². The van der Waals surface area contributed by atoms with Gasteiger partial charge < -0.3 is 10.5 Å². The van der Waals surface area contributed by atoms with Gasteiger partial charge in [-0.1, -0.05) is 12.1 Å². The Balaban J connectivity index is 2.12. The lowest BCUT2D eigenvalue weighted by atomic mass is 9.99. The fourth-order valence-electron chi connectivity index (χ4n) is 2.37. The summed E-state index contributed by atoms with van der Waals surface area (Å²) in [4.78, 5) is 2.16. The summed E-state index contributed by atoms with van der Waals surface area (Å²) in [5, 5.41) is 0. The second kappa shape index (κ2) is 5.53. The molecule has 0 radical (unpaired) electrons. The molecule has 2 rings (SSSR count). The van der Waals surface area contributed by atoms with Crippen LogP contribution in [0, 0.1) is 11.6 Å². The van der Waals surface area contributed by atoms with Crippen LogP contribution in [-0.2, 0) is 4.74 Å². The largest absolute Gasteiger partial charge is 0.378 e. The van der Waals surface area contributed by atoms with Gasteiger partial charge in [0, 0.05) is 30.2 Å². The molecule has 0 amide bonds. The lowest BCUT2D eigenvalue weighted by molar-refractivity contribution is -0.0532. The highest BCUT2D eigenvalue weighted by molar-refractivity contribution is 5.22. The van der Waals surface area contributed by atoms with Crippen molar-refractivity contribution in [3.63, 3.8) is 0 Å². The van der Waals surface area contributed by atoms with E-state index in [4.69, 9.17) is 10.5 Å². The maximum absolute atomic E-state index is 13.7. The zero-order chi connectivity index (χ0) is 14.0. The predicted molar refractivity (Wildman–Crippen MR) is 69.8 cm³/mol. The average molecular weight is 270 g/mol. The molecule has 1 aromatic rings. The van der Waals surface area contributed by atoms with Crippen LogP contribution in [0.15, 0.2) is 18.2 Å². The number of nitrogens with zero attached hydrogens (tertiary/aromatic N) is 1. The third-order valence-corrected chi connectivity index (χ3v) is 3.61. The summed E-state index contributed by atoms with van der Waals surface area (Å²) in [6, 6.07) is 3.58.